The highest BCUT2D eigenvalue weighted by molar-refractivity contribution is 7.59. The Bertz CT molecular complexity index is 298. The van der Waals surface area contributed by atoms with E-state index in [1.54, 1.807) is 0 Å². The van der Waals surface area contributed by atoms with Gasteiger partial charge in [0.05, 0.1) is 6.61 Å². The van der Waals surface area contributed by atoms with Crippen LogP contribution in [0.4, 0.5) is 0 Å². The summed E-state index contributed by atoms with van der Waals surface area (Å²) in [6.45, 7) is 5.00. The van der Waals surface area contributed by atoms with Gasteiger partial charge in [0.15, 0.2) is 0 Å². The van der Waals surface area contributed by atoms with Crippen molar-refractivity contribution in [3.63, 3.8) is 0 Å². The second-order valence-corrected chi connectivity index (χ2v) is 10.6. The van der Waals surface area contributed by atoms with Gasteiger partial charge >= 0.3 is 7.94 Å². The molecule has 0 aliphatic heterocycles. The van der Waals surface area contributed by atoms with E-state index in [-0.39, 0.29) is 0 Å². The van der Waals surface area contributed by atoms with Crippen LogP contribution in [0.3, 0.4) is 0 Å². The minimum Gasteiger partial charge on any atom is -0.193 e. The van der Waals surface area contributed by atoms with Crippen LogP contribution in [0.15, 0.2) is 0 Å². The molecule has 0 aliphatic carbocycles. The predicted molar refractivity (Wildman–Crippen MR) is 126 cm³/mol. The minimum atomic E-state index is -3.09. The van der Waals surface area contributed by atoms with Crippen LogP contribution in [0.2, 0.25) is 0 Å². The summed E-state index contributed by atoms with van der Waals surface area (Å²) in [7, 11) is -3.09. The van der Waals surface area contributed by atoms with Crippen LogP contribution in [0.5, 0.6) is 0 Å². The van der Waals surface area contributed by atoms with Gasteiger partial charge in [0.2, 0.25) is 0 Å². The lowest BCUT2D eigenvalue weighted by molar-refractivity contribution is 0.222. The van der Waals surface area contributed by atoms with Crippen molar-refractivity contribution < 1.29 is 14.3 Å². The van der Waals surface area contributed by atoms with Crippen LogP contribution in [0.25, 0.3) is 0 Å². The van der Waals surface area contributed by atoms with Gasteiger partial charge in [0, 0.05) is 0 Å². The Morgan fingerprint density at radius 2 is 0.786 bits per heavy atom. The normalized spacial score (nSPS) is 12.0. The van der Waals surface area contributed by atoms with Crippen molar-refractivity contribution in [2.24, 2.45) is 0 Å². The number of rotatable bonds is 23. The molecule has 4 heteroatoms. The summed E-state index contributed by atoms with van der Waals surface area (Å²) in [5.41, 5.74) is 0. The Morgan fingerprint density at radius 1 is 0.464 bits per heavy atom. The average molecular weight is 420 g/mol. The van der Waals surface area contributed by atoms with Crippen molar-refractivity contribution in [3.05, 3.63) is 0 Å². The van der Waals surface area contributed by atoms with E-state index < -0.39 is 7.94 Å². The molecule has 0 atom stereocenters. The van der Waals surface area contributed by atoms with Crippen molar-refractivity contribution in [1.29, 1.82) is 0 Å². The molecule has 0 aromatic carbocycles. The van der Waals surface area contributed by atoms with Gasteiger partial charge in [0.25, 0.3) is 0 Å². The van der Waals surface area contributed by atoms with E-state index >= 15 is 0 Å². The van der Waals surface area contributed by atoms with Crippen molar-refractivity contribution in [2.45, 2.75) is 142 Å². The molecule has 0 heterocycles. The molecule has 28 heavy (non-hydrogen) atoms. The van der Waals surface area contributed by atoms with Crippen LogP contribution in [-0.2, 0) is 4.52 Å². The van der Waals surface area contributed by atoms with Crippen molar-refractivity contribution in [3.8, 4) is 0 Å². The van der Waals surface area contributed by atoms with Gasteiger partial charge in [-0.15, -0.1) is 0 Å². The standard InChI is InChI=1S/C24H52O3P/c1-3-5-7-9-11-12-13-14-15-16-17-18-20-22-24-28(25,26)27-23-21-19-10-8-6-4-2/h25-26H,3-24H2,1-2H3/q+1. The van der Waals surface area contributed by atoms with Crippen molar-refractivity contribution >= 4 is 7.94 Å². The molecule has 0 saturated carbocycles. The molecule has 0 bridgehead atoms. The summed E-state index contributed by atoms with van der Waals surface area (Å²) in [5, 5.41) is 0. The van der Waals surface area contributed by atoms with Gasteiger partial charge in [-0.1, -0.05) is 123 Å². The first kappa shape index (κ1) is 28.3. The van der Waals surface area contributed by atoms with E-state index in [0.29, 0.717) is 12.8 Å². The fourth-order valence-corrected chi connectivity index (χ4v) is 4.86. The Balaban J connectivity index is 3.27. The molecule has 0 unspecified atom stereocenters. The number of unbranched alkanes of at least 4 members (excludes halogenated alkanes) is 18. The zero-order valence-electron chi connectivity index (χ0n) is 19.3. The lowest BCUT2D eigenvalue weighted by Crippen LogP contribution is -2.03. The largest absolute Gasteiger partial charge is 0.406 e. The molecular weight excluding hydrogens is 367 g/mol. The van der Waals surface area contributed by atoms with Crippen LogP contribution in [0, 0.1) is 0 Å². The van der Waals surface area contributed by atoms with E-state index in [1.165, 1.54) is 103 Å². The molecule has 0 rings (SSSR count). The molecule has 0 aromatic heterocycles. The Labute approximate surface area is 177 Å². The third-order valence-electron chi connectivity index (χ3n) is 5.60. The molecule has 3 nitrogen and oxygen atoms in total. The second kappa shape index (κ2) is 22.0. The van der Waals surface area contributed by atoms with E-state index in [4.69, 9.17) is 4.52 Å². The van der Waals surface area contributed by atoms with Gasteiger partial charge < -0.3 is 0 Å². The Morgan fingerprint density at radius 3 is 1.18 bits per heavy atom. The lowest BCUT2D eigenvalue weighted by atomic mass is 10.0. The Kier molecular flexibility index (Phi) is 22.2. The second-order valence-electron chi connectivity index (χ2n) is 8.59. The maximum atomic E-state index is 9.99. The fourth-order valence-electron chi connectivity index (χ4n) is 3.67. The lowest BCUT2D eigenvalue weighted by Gasteiger charge is -2.11. The van der Waals surface area contributed by atoms with E-state index in [2.05, 4.69) is 13.8 Å². The first-order chi connectivity index (χ1) is 13.6. The smallest absolute Gasteiger partial charge is 0.193 e. The van der Waals surface area contributed by atoms with Gasteiger partial charge in [-0.3, -0.25) is 0 Å². The monoisotopic (exact) mass is 419 g/mol. The highest BCUT2D eigenvalue weighted by Crippen LogP contribution is 2.51. The van der Waals surface area contributed by atoms with E-state index in [1.807, 2.05) is 0 Å². The molecule has 0 fully saturated rings. The zero-order valence-corrected chi connectivity index (χ0v) is 20.2. The molecule has 0 radical (unpaired) electrons. The van der Waals surface area contributed by atoms with Gasteiger partial charge in [-0.25, -0.2) is 0 Å². The van der Waals surface area contributed by atoms with Crippen LogP contribution < -0.4 is 0 Å². The molecule has 0 aromatic rings. The topological polar surface area (TPSA) is 49.7 Å². The predicted octanol–water partition coefficient (Wildman–Crippen LogP) is 8.59. The van der Waals surface area contributed by atoms with E-state index in [9.17, 15) is 9.79 Å². The highest BCUT2D eigenvalue weighted by Gasteiger charge is 2.34. The van der Waals surface area contributed by atoms with Gasteiger partial charge in [-0.05, 0) is 19.3 Å². The summed E-state index contributed by atoms with van der Waals surface area (Å²) in [6, 6.07) is 0. The number of hydrogen-bond acceptors (Lipinski definition) is 3. The van der Waals surface area contributed by atoms with Gasteiger partial charge in [-0.2, -0.15) is 14.3 Å². The summed E-state index contributed by atoms with van der Waals surface area (Å²) in [5.74, 6) is 0. The molecule has 0 saturated heterocycles. The maximum Gasteiger partial charge on any atom is 0.406 e. The highest BCUT2D eigenvalue weighted by atomic mass is 31.2. The number of hydrogen-bond donors (Lipinski definition) is 2. The summed E-state index contributed by atoms with van der Waals surface area (Å²) < 4.78 is 5.37. The van der Waals surface area contributed by atoms with Crippen LogP contribution in [-0.4, -0.2) is 22.6 Å². The van der Waals surface area contributed by atoms with E-state index in [0.717, 1.165) is 25.7 Å². The fraction of sp³-hybridized carbons (Fsp3) is 1.00. The van der Waals surface area contributed by atoms with Crippen LogP contribution in [0.1, 0.15) is 142 Å². The molecular formula is C24H52O3P+. The first-order valence-corrected chi connectivity index (χ1v) is 14.4. The molecule has 170 valence electrons. The third-order valence-corrected chi connectivity index (χ3v) is 7.09. The minimum absolute atomic E-state index is 0.445. The molecule has 0 aliphatic rings. The van der Waals surface area contributed by atoms with Gasteiger partial charge in [0.1, 0.15) is 6.16 Å². The third kappa shape index (κ3) is 22.6. The zero-order chi connectivity index (χ0) is 20.8. The quantitative estimate of drug-likeness (QED) is 0.129. The summed E-state index contributed by atoms with van der Waals surface area (Å²) in [4.78, 5) is 20.0. The van der Waals surface area contributed by atoms with Crippen molar-refractivity contribution in [2.75, 3.05) is 12.8 Å². The molecule has 0 amide bonds. The summed E-state index contributed by atoms with van der Waals surface area (Å²) in [6.07, 6.45) is 26.0. The summed E-state index contributed by atoms with van der Waals surface area (Å²) >= 11 is 0. The van der Waals surface area contributed by atoms with Crippen LogP contribution >= 0.6 is 7.94 Å². The molecule has 2 N–H and O–H groups in total. The molecule has 0 spiro atoms. The SMILES string of the molecule is CCCCCCCCCCCCCCCC[P+](O)(O)OCCCCCCCC. The maximum absolute atomic E-state index is 9.99. The Hall–Kier alpha value is 0.310. The first-order valence-electron chi connectivity index (χ1n) is 12.6. The average Bonchev–Trinajstić information content (AvgIpc) is 2.67. The van der Waals surface area contributed by atoms with Crippen molar-refractivity contribution in [1.82, 2.24) is 0 Å².